The van der Waals surface area contributed by atoms with Gasteiger partial charge < -0.3 is 15.1 Å². The third kappa shape index (κ3) is 3.70. The van der Waals surface area contributed by atoms with Crippen LogP contribution in [0.25, 0.3) is 0 Å². The topological polar surface area (TPSA) is 73.4 Å². The molecule has 7 nitrogen and oxygen atoms in total. The second kappa shape index (κ2) is 6.82. The van der Waals surface area contributed by atoms with Gasteiger partial charge in [-0.2, -0.15) is 4.98 Å². The van der Waals surface area contributed by atoms with Crippen LogP contribution in [0.2, 0.25) is 0 Å². The predicted molar refractivity (Wildman–Crippen MR) is 94.8 cm³/mol. The lowest BCUT2D eigenvalue weighted by atomic mass is 10.4. The smallest absolute Gasteiger partial charge is 0.324 e. The number of rotatable bonds is 4. The molecular weight excluding hydrogens is 312 g/mol. The van der Waals surface area contributed by atoms with Crippen molar-refractivity contribution >= 4 is 39.8 Å². The van der Waals surface area contributed by atoms with Crippen LogP contribution in [0.5, 0.6) is 0 Å². The Bertz CT molecular complexity index is 667. The van der Waals surface area contributed by atoms with Gasteiger partial charge in [-0.05, 0) is 30.4 Å². The summed E-state index contributed by atoms with van der Waals surface area (Å²) in [7, 11) is 3.80. The first-order valence-corrected chi connectivity index (χ1v) is 8.42. The molecule has 1 aliphatic heterocycles. The quantitative estimate of drug-likeness (QED) is 0.901. The Morgan fingerprint density at radius 2 is 2.09 bits per heavy atom. The Morgan fingerprint density at radius 1 is 1.30 bits per heavy atom. The van der Waals surface area contributed by atoms with Gasteiger partial charge in [0, 0.05) is 27.2 Å². The van der Waals surface area contributed by atoms with Crippen LogP contribution in [0.4, 0.5) is 27.2 Å². The zero-order chi connectivity index (χ0) is 16.2. The Morgan fingerprint density at radius 3 is 2.74 bits per heavy atom. The fourth-order valence-electron chi connectivity index (χ4n) is 2.48. The molecule has 3 heterocycles. The number of thiophene rings is 1. The first-order valence-electron chi connectivity index (χ1n) is 7.54. The van der Waals surface area contributed by atoms with Gasteiger partial charge >= 0.3 is 6.03 Å². The first-order chi connectivity index (χ1) is 11.1. The molecule has 3 rings (SSSR count). The monoisotopic (exact) mass is 332 g/mol. The van der Waals surface area contributed by atoms with E-state index in [1.165, 1.54) is 24.2 Å². The van der Waals surface area contributed by atoms with E-state index in [-0.39, 0.29) is 6.03 Å². The van der Waals surface area contributed by atoms with E-state index in [4.69, 9.17) is 0 Å². The number of carbonyl (C=O) groups excluding carboxylic acids is 1. The van der Waals surface area contributed by atoms with Gasteiger partial charge in [-0.3, -0.25) is 5.32 Å². The van der Waals surface area contributed by atoms with Crippen LogP contribution in [0.1, 0.15) is 12.8 Å². The molecule has 1 fully saturated rings. The maximum atomic E-state index is 12.1. The van der Waals surface area contributed by atoms with Gasteiger partial charge in [-0.25, -0.2) is 9.78 Å². The zero-order valence-electron chi connectivity index (χ0n) is 13.2. The predicted octanol–water partition coefficient (Wildman–Crippen LogP) is 2.85. The normalized spacial score (nSPS) is 13.9. The highest BCUT2D eigenvalue weighted by Gasteiger charge is 2.18. The van der Waals surface area contributed by atoms with Gasteiger partial charge in [0.2, 0.25) is 5.95 Å². The zero-order valence-corrected chi connectivity index (χ0v) is 14.1. The summed E-state index contributed by atoms with van der Waals surface area (Å²) in [5.41, 5.74) is 0.590. The molecule has 0 radical (unpaired) electrons. The summed E-state index contributed by atoms with van der Waals surface area (Å²) in [5.74, 6) is 1.42. The third-order valence-electron chi connectivity index (χ3n) is 3.57. The van der Waals surface area contributed by atoms with E-state index in [9.17, 15) is 4.79 Å². The van der Waals surface area contributed by atoms with Gasteiger partial charge in [0.1, 0.15) is 5.69 Å². The van der Waals surface area contributed by atoms with Crippen molar-refractivity contribution in [3.63, 3.8) is 0 Å². The summed E-state index contributed by atoms with van der Waals surface area (Å²) in [4.78, 5) is 25.1. The van der Waals surface area contributed by atoms with Crippen LogP contribution in [0.3, 0.4) is 0 Å². The number of hydrogen-bond acceptors (Lipinski definition) is 6. The van der Waals surface area contributed by atoms with Gasteiger partial charge in [0.25, 0.3) is 0 Å². The summed E-state index contributed by atoms with van der Waals surface area (Å²) in [6.45, 7) is 1.97. The molecule has 0 unspecified atom stereocenters. The van der Waals surface area contributed by atoms with Gasteiger partial charge in [0.15, 0.2) is 5.82 Å². The molecule has 0 spiro atoms. The molecule has 0 aliphatic carbocycles. The van der Waals surface area contributed by atoms with Crippen LogP contribution >= 0.6 is 11.3 Å². The first kappa shape index (κ1) is 15.5. The lowest BCUT2D eigenvalue weighted by molar-refractivity contribution is 0.262. The highest BCUT2D eigenvalue weighted by atomic mass is 32.1. The van der Waals surface area contributed by atoms with Crippen molar-refractivity contribution in [3.05, 3.63) is 23.7 Å². The molecule has 0 bridgehead atoms. The number of anilines is 4. The Balaban J connectivity index is 1.76. The second-order valence-electron chi connectivity index (χ2n) is 5.55. The van der Waals surface area contributed by atoms with Crippen LogP contribution in [0, 0.1) is 0 Å². The minimum Gasteiger partial charge on any atom is -0.361 e. The van der Waals surface area contributed by atoms with Crippen molar-refractivity contribution in [2.45, 2.75) is 12.8 Å². The maximum absolute atomic E-state index is 12.1. The fourth-order valence-corrected chi connectivity index (χ4v) is 3.09. The number of urea groups is 1. The molecule has 23 heavy (non-hydrogen) atoms. The summed E-state index contributed by atoms with van der Waals surface area (Å²) < 4.78 is 0. The summed E-state index contributed by atoms with van der Waals surface area (Å²) >= 11 is 1.47. The lowest BCUT2D eigenvalue weighted by Gasteiger charge is -2.21. The second-order valence-corrected chi connectivity index (χ2v) is 6.50. The molecular formula is C15H20N6OS. The fraction of sp³-hybridized carbons (Fsp3) is 0.400. The van der Waals surface area contributed by atoms with E-state index >= 15 is 0 Å². The molecule has 0 aromatic carbocycles. The van der Waals surface area contributed by atoms with E-state index in [2.05, 4.69) is 25.5 Å². The Hall–Kier alpha value is -2.35. The van der Waals surface area contributed by atoms with E-state index in [1.807, 2.05) is 36.5 Å². The summed E-state index contributed by atoms with van der Waals surface area (Å²) in [6, 6.07) is 3.44. The largest absolute Gasteiger partial charge is 0.361 e. The number of aromatic nitrogens is 2. The SMILES string of the molecule is CN(C)c1nc(N2CCCC2)ncc1NC(=O)Nc1cccs1. The number of nitrogens with zero attached hydrogens (tertiary/aromatic N) is 4. The van der Waals surface area contributed by atoms with E-state index < -0.39 is 0 Å². The molecule has 8 heteroatoms. The highest BCUT2D eigenvalue weighted by Crippen LogP contribution is 2.25. The molecule has 2 aromatic heterocycles. The Labute approximate surface area is 139 Å². The minimum absolute atomic E-state index is 0.298. The van der Waals surface area contributed by atoms with Crippen LogP contribution in [-0.4, -0.2) is 43.2 Å². The average molecular weight is 332 g/mol. The molecule has 0 saturated carbocycles. The number of nitrogens with one attached hydrogen (secondary N) is 2. The van der Waals surface area contributed by atoms with Gasteiger partial charge in [0.05, 0.1) is 11.2 Å². The van der Waals surface area contributed by atoms with E-state index in [1.54, 1.807) is 6.20 Å². The number of amides is 2. The van der Waals surface area contributed by atoms with Crippen LogP contribution in [-0.2, 0) is 0 Å². The lowest BCUT2D eigenvalue weighted by Crippen LogP contribution is -2.25. The van der Waals surface area contributed by atoms with Crippen molar-refractivity contribution in [2.24, 2.45) is 0 Å². The van der Waals surface area contributed by atoms with Gasteiger partial charge in [-0.15, -0.1) is 11.3 Å². The van der Waals surface area contributed by atoms with Crippen molar-refractivity contribution in [1.29, 1.82) is 0 Å². The Kier molecular flexibility index (Phi) is 4.61. The average Bonchev–Trinajstić information content (AvgIpc) is 3.20. The van der Waals surface area contributed by atoms with Crippen LogP contribution in [0.15, 0.2) is 23.7 Å². The number of carbonyl (C=O) groups is 1. The molecule has 1 saturated heterocycles. The molecule has 2 N–H and O–H groups in total. The van der Waals surface area contributed by atoms with Gasteiger partial charge in [-0.1, -0.05) is 0 Å². The van der Waals surface area contributed by atoms with Crippen LogP contribution < -0.4 is 20.4 Å². The molecule has 0 atom stereocenters. The van der Waals surface area contributed by atoms with Crippen molar-refractivity contribution in [3.8, 4) is 0 Å². The summed E-state index contributed by atoms with van der Waals surface area (Å²) in [6.07, 6.45) is 4.01. The van der Waals surface area contributed by atoms with Crippen molar-refractivity contribution < 1.29 is 4.79 Å². The molecule has 1 aliphatic rings. The maximum Gasteiger partial charge on any atom is 0.324 e. The van der Waals surface area contributed by atoms with E-state index in [0.29, 0.717) is 11.5 Å². The highest BCUT2D eigenvalue weighted by molar-refractivity contribution is 7.14. The molecule has 2 amide bonds. The number of hydrogen-bond donors (Lipinski definition) is 2. The molecule has 122 valence electrons. The minimum atomic E-state index is -0.298. The van der Waals surface area contributed by atoms with Crippen molar-refractivity contribution in [2.75, 3.05) is 47.6 Å². The standard InChI is InChI=1S/C15H20N6OS/c1-20(2)13-11(17-15(22)18-12-6-5-9-23-12)10-16-14(19-13)21-7-3-4-8-21/h5-6,9-10H,3-4,7-8H2,1-2H3,(H2,17,18,22). The molecule has 2 aromatic rings. The van der Waals surface area contributed by atoms with Crippen molar-refractivity contribution in [1.82, 2.24) is 9.97 Å². The third-order valence-corrected chi connectivity index (χ3v) is 4.36. The summed E-state index contributed by atoms with van der Waals surface area (Å²) in [5, 5.41) is 8.32. The van der Waals surface area contributed by atoms with E-state index in [0.717, 1.165) is 24.0 Å².